The van der Waals surface area contributed by atoms with Crippen LogP contribution < -0.4 is 5.32 Å². The van der Waals surface area contributed by atoms with Crippen LogP contribution in [0.5, 0.6) is 0 Å². The van der Waals surface area contributed by atoms with Crippen LogP contribution in [-0.2, 0) is 4.79 Å². The lowest BCUT2D eigenvalue weighted by Gasteiger charge is -2.03. The van der Waals surface area contributed by atoms with Gasteiger partial charge in [-0.15, -0.1) is 0 Å². The smallest absolute Gasteiger partial charge is 0.216 e. The Bertz CT molecular complexity index is 684. The van der Waals surface area contributed by atoms with E-state index < -0.39 is 0 Å². The Hall–Kier alpha value is -1.77. The molecule has 2 atom stereocenters. The van der Waals surface area contributed by atoms with Crippen molar-refractivity contribution in [1.29, 1.82) is 0 Å². The molecule has 1 fully saturated rings. The van der Waals surface area contributed by atoms with Gasteiger partial charge in [-0.05, 0) is 42.2 Å². The van der Waals surface area contributed by atoms with Crippen molar-refractivity contribution in [3.63, 3.8) is 0 Å². The Labute approximate surface area is 126 Å². The highest BCUT2D eigenvalue weighted by atomic mass is 16.1. The van der Waals surface area contributed by atoms with E-state index >= 15 is 0 Å². The fraction of sp³-hybridized carbons (Fsp3) is 0.500. The molecule has 1 saturated carbocycles. The summed E-state index contributed by atoms with van der Waals surface area (Å²) < 4.78 is 0. The second-order valence-electron chi connectivity index (χ2n) is 6.89. The van der Waals surface area contributed by atoms with Crippen LogP contribution in [0.1, 0.15) is 44.4 Å². The van der Waals surface area contributed by atoms with Crippen molar-refractivity contribution in [3.05, 3.63) is 35.5 Å². The van der Waals surface area contributed by atoms with Gasteiger partial charge in [-0.2, -0.15) is 0 Å². The van der Waals surface area contributed by atoms with Crippen molar-refractivity contribution >= 4 is 16.8 Å². The van der Waals surface area contributed by atoms with Gasteiger partial charge in [0.25, 0.3) is 0 Å². The van der Waals surface area contributed by atoms with Gasteiger partial charge in [-0.1, -0.05) is 32.0 Å². The maximum atomic E-state index is 11.0. The molecular weight excluding hydrogens is 260 g/mol. The Balaban J connectivity index is 1.85. The number of hydrogen-bond acceptors (Lipinski definition) is 1. The molecule has 0 bridgehead atoms. The minimum Gasteiger partial charge on any atom is -0.358 e. The highest BCUT2D eigenvalue weighted by Crippen LogP contribution is 2.67. The highest BCUT2D eigenvalue weighted by molar-refractivity contribution is 5.86. The average molecular weight is 284 g/mol. The van der Waals surface area contributed by atoms with Gasteiger partial charge in [-0.25, -0.2) is 0 Å². The fourth-order valence-electron chi connectivity index (χ4n) is 3.96. The van der Waals surface area contributed by atoms with Gasteiger partial charge in [0.15, 0.2) is 0 Å². The topological polar surface area (TPSA) is 44.9 Å². The molecule has 1 amide bonds. The molecule has 112 valence electrons. The zero-order valence-corrected chi connectivity index (χ0v) is 13.3. The van der Waals surface area contributed by atoms with E-state index in [1.807, 2.05) is 0 Å². The van der Waals surface area contributed by atoms with Crippen LogP contribution in [0.2, 0.25) is 0 Å². The third kappa shape index (κ3) is 2.35. The number of aromatic nitrogens is 1. The van der Waals surface area contributed by atoms with Gasteiger partial charge in [0.2, 0.25) is 5.91 Å². The van der Waals surface area contributed by atoms with Gasteiger partial charge >= 0.3 is 0 Å². The summed E-state index contributed by atoms with van der Waals surface area (Å²) in [6.07, 6.45) is 1.05. The van der Waals surface area contributed by atoms with Gasteiger partial charge in [0.1, 0.15) is 0 Å². The number of hydrogen-bond donors (Lipinski definition) is 2. The summed E-state index contributed by atoms with van der Waals surface area (Å²) in [6, 6.07) is 8.55. The number of nitrogens with one attached hydrogen (secondary N) is 2. The molecule has 1 aromatic carbocycles. The summed E-state index contributed by atoms with van der Waals surface area (Å²) >= 11 is 0. The summed E-state index contributed by atoms with van der Waals surface area (Å²) in [6.45, 7) is 9.23. The lowest BCUT2D eigenvalue weighted by Crippen LogP contribution is -2.21. The Kier molecular flexibility index (Phi) is 3.31. The normalized spacial score (nSPS) is 23.2. The lowest BCUT2D eigenvalue weighted by molar-refractivity contribution is -0.118. The molecule has 21 heavy (non-hydrogen) atoms. The van der Waals surface area contributed by atoms with E-state index in [-0.39, 0.29) is 5.91 Å². The molecule has 0 radical (unpaired) electrons. The van der Waals surface area contributed by atoms with E-state index in [1.165, 1.54) is 22.2 Å². The first-order chi connectivity index (χ1) is 9.93. The number of aromatic amines is 1. The van der Waals surface area contributed by atoms with Crippen molar-refractivity contribution in [2.24, 2.45) is 11.3 Å². The Morgan fingerprint density at radius 3 is 2.76 bits per heavy atom. The molecule has 2 aromatic rings. The number of fused-ring (bicyclic) bond motifs is 1. The summed E-state index contributed by atoms with van der Waals surface area (Å²) in [5, 5.41) is 4.28. The zero-order valence-electron chi connectivity index (χ0n) is 13.3. The summed E-state index contributed by atoms with van der Waals surface area (Å²) in [7, 11) is 0. The monoisotopic (exact) mass is 284 g/mol. The molecule has 1 aromatic heterocycles. The highest BCUT2D eigenvalue weighted by Gasteiger charge is 2.58. The number of carbonyl (C=O) groups excluding carboxylic acids is 1. The summed E-state index contributed by atoms with van der Waals surface area (Å²) in [5.41, 5.74) is 4.31. The molecule has 3 heteroatoms. The molecule has 0 aliphatic heterocycles. The molecule has 3 nitrogen and oxygen atoms in total. The van der Waals surface area contributed by atoms with Crippen LogP contribution in [-0.4, -0.2) is 17.4 Å². The number of aryl methyl sites for hydroxylation is 1. The predicted octanol–water partition coefficient (Wildman–Crippen LogP) is 3.74. The van der Waals surface area contributed by atoms with Crippen molar-refractivity contribution in [2.45, 2.75) is 40.0 Å². The van der Waals surface area contributed by atoms with Crippen LogP contribution in [0.3, 0.4) is 0 Å². The first-order valence-electron chi connectivity index (χ1n) is 7.74. The molecule has 1 aliphatic rings. The average Bonchev–Trinajstić information content (AvgIpc) is 2.77. The molecule has 1 heterocycles. The van der Waals surface area contributed by atoms with E-state index in [9.17, 15) is 4.79 Å². The quantitative estimate of drug-likeness (QED) is 0.882. The molecule has 0 unspecified atom stereocenters. The first-order valence-corrected chi connectivity index (χ1v) is 7.74. The van der Waals surface area contributed by atoms with Crippen LogP contribution in [0.15, 0.2) is 24.3 Å². The van der Waals surface area contributed by atoms with Crippen LogP contribution in [0, 0.1) is 18.3 Å². The Morgan fingerprint density at radius 1 is 1.33 bits per heavy atom. The van der Waals surface area contributed by atoms with Crippen LogP contribution >= 0.6 is 0 Å². The van der Waals surface area contributed by atoms with Gasteiger partial charge in [0, 0.05) is 30.1 Å². The number of H-pyrrole nitrogens is 1. The maximum Gasteiger partial charge on any atom is 0.216 e. The minimum absolute atomic E-state index is 0.0632. The van der Waals surface area contributed by atoms with E-state index in [4.69, 9.17) is 0 Å². The number of benzene rings is 1. The third-order valence-electron chi connectivity index (χ3n) is 5.13. The van der Waals surface area contributed by atoms with E-state index in [0.29, 0.717) is 17.3 Å². The van der Waals surface area contributed by atoms with Crippen LogP contribution in [0.25, 0.3) is 10.9 Å². The molecule has 0 spiro atoms. The molecule has 3 rings (SSSR count). The molecule has 2 N–H and O–H groups in total. The molecule has 1 aliphatic carbocycles. The second kappa shape index (κ2) is 4.90. The number of rotatable bonds is 4. The molecular formula is C18H24N2O. The fourth-order valence-corrected chi connectivity index (χ4v) is 3.96. The van der Waals surface area contributed by atoms with E-state index in [2.05, 4.69) is 55.3 Å². The largest absolute Gasteiger partial charge is 0.358 e. The minimum atomic E-state index is 0.0632. The van der Waals surface area contributed by atoms with E-state index in [0.717, 1.165) is 13.0 Å². The first kappa shape index (κ1) is 14.2. The SMILES string of the molecule is CC(=O)NCC[C@@H]1[C@@H](c2c(C)[nH]c3ccccc23)C1(C)C. The standard InChI is InChI=1S/C18H24N2O/c1-11-16(13-7-5-6-8-15(13)20-11)17-14(18(17,3)4)9-10-19-12(2)21/h5-8,14,17,20H,9-10H2,1-4H3,(H,19,21)/t14-,17+/m1/s1. The number of carbonyl (C=O) groups is 1. The lowest BCUT2D eigenvalue weighted by atomic mass is 10.0. The second-order valence-corrected chi connectivity index (χ2v) is 6.89. The van der Waals surface area contributed by atoms with Gasteiger partial charge in [0.05, 0.1) is 0 Å². The van der Waals surface area contributed by atoms with E-state index in [1.54, 1.807) is 6.92 Å². The Morgan fingerprint density at radius 2 is 2.05 bits per heavy atom. The van der Waals surface area contributed by atoms with Crippen molar-refractivity contribution < 1.29 is 4.79 Å². The molecule has 0 saturated heterocycles. The van der Waals surface area contributed by atoms with Crippen molar-refractivity contribution in [3.8, 4) is 0 Å². The predicted molar refractivity (Wildman–Crippen MR) is 86.3 cm³/mol. The number of amides is 1. The zero-order chi connectivity index (χ0) is 15.2. The van der Waals surface area contributed by atoms with Gasteiger partial charge in [-0.3, -0.25) is 4.79 Å². The van der Waals surface area contributed by atoms with Crippen molar-refractivity contribution in [1.82, 2.24) is 10.3 Å². The third-order valence-corrected chi connectivity index (χ3v) is 5.13. The maximum absolute atomic E-state index is 11.0. The number of para-hydroxylation sites is 1. The van der Waals surface area contributed by atoms with Crippen molar-refractivity contribution in [2.75, 3.05) is 6.54 Å². The summed E-state index contributed by atoms with van der Waals surface area (Å²) in [5.74, 6) is 1.29. The van der Waals surface area contributed by atoms with Crippen LogP contribution in [0.4, 0.5) is 0 Å². The van der Waals surface area contributed by atoms with Gasteiger partial charge < -0.3 is 10.3 Å². The summed E-state index contributed by atoms with van der Waals surface area (Å²) in [4.78, 5) is 14.5.